The second-order valence-corrected chi connectivity index (χ2v) is 6.03. The van der Waals surface area contributed by atoms with Gasteiger partial charge >= 0.3 is 0 Å². The number of carbonyl (C=O) groups is 1. The van der Waals surface area contributed by atoms with Gasteiger partial charge in [-0.1, -0.05) is 23.2 Å². The molecule has 0 fully saturated rings. The van der Waals surface area contributed by atoms with Crippen LogP contribution in [-0.2, 0) is 15.3 Å². The van der Waals surface area contributed by atoms with Gasteiger partial charge in [0, 0.05) is 29.8 Å². The molecule has 136 valence electrons. The van der Waals surface area contributed by atoms with Crippen LogP contribution in [0.15, 0.2) is 36.4 Å². The van der Waals surface area contributed by atoms with Crippen LogP contribution >= 0.6 is 23.2 Å². The van der Waals surface area contributed by atoms with E-state index >= 15 is 0 Å². The molecule has 0 heterocycles. The molecule has 0 saturated heterocycles. The van der Waals surface area contributed by atoms with Gasteiger partial charge < -0.3 is 9.47 Å². The van der Waals surface area contributed by atoms with E-state index in [2.05, 4.69) is 0 Å². The summed E-state index contributed by atoms with van der Waals surface area (Å²) in [6, 6.07) is 8.35. The number of hydrogen-bond donors (Lipinski definition) is 0. The summed E-state index contributed by atoms with van der Waals surface area (Å²) in [5, 5.41) is 0.647. The van der Waals surface area contributed by atoms with Gasteiger partial charge in [-0.05, 0) is 50.2 Å². The topological polar surface area (TPSA) is 35.5 Å². The molecule has 0 N–H and O–H groups in total. The van der Waals surface area contributed by atoms with E-state index < -0.39 is 17.4 Å². The minimum Gasteiger partial charge on any atom is -0.349 e. The molecule has 25 heavy (non-hydrogen) atoms. The summed E-state index contributed by atoms with van der Waals surface area (Å²) >= 11 is 11.1. The van der Waals surface area contributed by atoms with E-state index in [0.29, 0.717) is 15.6 Å². The first-order valence-corrected chi connectivity index (χ1v) is 7.92. The zero-order chi connectivity index (χ0) is 19.2. The summed E-state index contributed by atoms with van der Waals surface area (Å²) in [5.74, 6) is -2.37. The van der Waals surface area contributed by atoms with Gasteiger partial charge in [-0.15, -0.1) is 0 Å². The van der Waals surface area contributed by atoms with Crippen LogP contribution in [0.1, 0.15) is 29.8 Å². The maximum atomic E-state index is 13.5. The molecular formula is C18H18Cl2F2O3. The summed E-state index contributed by atoms with van der Waals surface area (Å²) in [6.45, 7) is 2.95. The van der Waals surface area contributed by atoms with E-state index in [1.54, 1.807) is 19.1 Å². The molecule has 2 aromatic carbocycles. The van der Waals surface area contributed by atoms with Gasteiger partial charge in [-0.3, -0.25) is 4.79 Å². The van der Waals surface area contributed by atoms with Crippen LogP contribution in [0.25, 0.3) is 0 Å². The summed E-state index contributed by atoms with van der Waals surface area (Å²) in [7, 11) is 2.91. The average Bonchev–Trinajstić information content (AvgIpc) is 2.54. The first-order valence-electron chi connectivity index (χ1n) is 7.16. The minimum absolute atomic E-state index is 0.0781. The van der Waals surface area contributed by atoms with Crippen LogP contribution in [0, 0.1) is 11.6 Å². The molecule has 0 aliphatic carbocycles. The predicted octanol–water partition coefficient (Wildman–Crippen LogP) is 5.63. The number of hydrogen-bond acceptors (Lipinski definition) is 3. The molecule has 0 aliphatic heterocycles. The summed E-state index contributed by atoms with van der Waals surface area (Å²) in [5.41, 5.74) is 0.404. The van der Waals surface area contributed by atoms with Crippen molar-refractivity contribution in [3.05, 3.63) is 69.2 Å². The fourth-order valence-corrected chi connectivity index (χ4v) is 2.25. The van der Waals surface area contributed by atoms with E-state index in [-0.39, 0.29) is 11.3 Å². The SMILES string of the molecule is CC(=O)c1ccc(Cl)cc1F.COC(C)(OC)c1ccc(Cl)cc1F. The third-order valence-corrected chi connectivity index (χ3v) is 3.98. The lowest BCUT2D eigenvalue weighted by atomic mass is 10.1. The fourth-order valence-electron chi connectivity index (χ4n) is 1.94. The van der Waals surface area contributed by atoms with Gasteiger partial charge in [-0.25, -0.2) is 8.78 Å². The molecule has 7 heteroatoms. The highest BCUT2D eigenvalue weighted by Gasteiger charge is 2.28. The van der Waals surface area contributed by atoms with E-state index in [4.69, 9.17) is 32.7 Å². The standard InChI is InChI=1S/C10H12ClFO2.C8H6ClFO/c1-10(13-2,14-3)8-5-4-7(11)6-9(8)12;1-5(11)7-3-2-6(9)4-8(7)10/h4-6H,1-3H3;2-4H,1H3. The number of benzene rings is 2. The Morgan fingerprint density at radius 3 is 1.84 bits per heavy atom. The lowest BCUT2D eigenvalue weighted by molar-refractivity contribution is -0.203. The highest BCUT2D eigenvalue weighted by Crippen LogP contribution is 2.29. The Morgan fingerprint density at radius 2 is 1.44 bits per heavy atom. The molecule has 0 bridgehead atoms. The first-order chi connectivity index (χ1) is 11.6. The van der Waals surface area contributed by atoms with Crippen LogP contribution in [0.2, 0.25) is 10.0 Å². The lowest BCUT2D eigenvalue weighted by Crippen LogP contribution is -2.27. The van der Waals surface area contributed by atoms with Crippen LogP contribution in [-0.4, -0.2) is 20.0 Å². The van der Waals surface area contributed by atoms with Gasteiger partial charge in [0.25, 0.3) is 0 Å². The van der Waals surface area contributed by atoms with Crippen molar-refractivity contribution in [2.45, 2.75) is 19.6 Å². The van der Waals surface area contributed by atoms with E-state index in [1.807, 2.05) is 0 Å². The van der Waals surface area contributed by atoms with Gasteiger partial charge in [-0.2, -0.15) is 0 Å². The van der Waals surface area contributed by atoms with E-state index in [0.717, 1.165) is 6.07 Å². The molecule has 0 atom stereocenters. The Bertz CT molecular complexity index is 747. The van der Waals surface area contributed by atoms with Crippen LogP contribution < -0.4 is 0 Å². The number of ether oxygens (including phenoxy) is 2. The molecule has 2 rings (SSSR count). The maximum Gasteiger partial charge on any atom is 0.194 e. The van der Waals surface area contributed by atoms with Crippen molar-refractivity contribution in [2.24, 2.45) is 0 Å². The summed E-state index contributed by atoms with van der Waals surface area (Å²) < 4.78 is 36.4. The van der Waals surface area contributed by atoms with Crippen molar-refractivity contribution >= 4 is 29.0 Å². The number of methoxy groups -OCH3 is 2. The molecule has 2 aromatic rings. The lowest BCUT2D eigenvalue weighted by Gasteiger charge is -2.27. The maximum absolute atomic E-state index is 13.5. The number of rotatable bonds is 4. The fraction of sp³-hybridized carbons (Fsp3) is 0.278. The van der Waals surface area contributed by atoms with Crippen molar-refractivity contribution in [3.8, 4) is 0 Å². The third-order valence-electron chi connectivity index (χ3n) is 3.51. The number of ketones is 1. The smallest absolute Gasteiger partial charge is 0.194 e. The Labute approximate surface area is 155 Å². The van der Waals surface area contributed by atoms with Crippen LogP contribution in [0.4, 0.5) is 8.78 Å². The molecule has 0 amide bonds. The Balaban J connectivity index is 0.000000257. The van der Waals surface area contributed by atoms with Crippen molar-refractivity contribution in [3.63, 3.8) is 0 Å². The van der Waals surface area contributed by atoms with Crippen LogP contribution in [0.3, 0.4) is 0 Å². The Morgan fingerprint density at radius 1 is 0.960 bits per heavy atom. The quantitative estimate of drug-likeness (QED) is 0.501. The van der Waals surface area contributed by atoms with Crippen molar-refractivity contribution in [2.75, 3.05) is 14.2 Å². The Kier molecular flexibility index (Phi) is 7.96. The van der Waals surface area contributed by atoms with Crippen molar-refractivity contribution in [1.29, 1.82) is 0 Å². The molecule has 3 nitrogen and oxygen atoms in total. The summed E-state index contributed by atoms with van der Waals surface area (Å²) in [6.07, 6.45) is 0. The largest absolute Gasteiger partial charge is 0.349 e. The third kappa shape index (κ3) is 5.75. The average molecular weight is 391 g/mol. The molecule has 0 aromatic heterocycles. The predicted molar refractivity (Wildman–Crippen MR) is 94.2 cm³/mol. The summed E-state index contributed by atoms with van der Waals surface area (Å²) in [4.78, 5) is 10.7. The van der Waals surface area contributed by atoms with Gasteiger partial charge in [0.05, 0.1) is 5.56 Å². The molecular weight excluding hydrogens is 373 g/mol. The van der Waals surface area contributed by atoms with Crippen molar-refractivity contribution < 1.29 is 23.0 Å². The van der Waals surface area contributed by atoms with E-state index in [1.165, 1.54) is 39.3 Å². The monoisotopic (exact) mass is 390 g/mol. The zero-order valence-corrected chi connectivity index (χ0v) is 15.7. The highest BCUT2D eigenvalue weighted by atomic mass is 35.5. The van der Waals surface area contributed by atoms with Gasteiger partial charge in [0.15, 0.2) is 11.6 Å². The van der Waals surface area contributed by atoms with Gasteiger partial charge in [0.1, 0.15) is 11.6 Å². The highest BCUT2D eigenvalue weighted by molar-refractivity contribution is 6.30. The molecule has 0 spiro atoms. The van der Waals surface area contributed by atoms with Crippen LogP contribution in [0.5, 0.6) is 0 Å². The van der Waals surface area contributed by atoms with E-state index in [9.17, 15) is 13.6 Å². The van der Waals surface area contributed by atoms with Crippen molar-refractivity contribution in [1.82, 2.24) is 0 Å². The molecule has 0 unspecified atom stereocenters. The zero-order valence-electron chi connectivity index (χ0n) is 14.2. The number of halogens is 4. The first kappa shape index (κ1) is 21.5. The molecule has 0 radical (unpaired) electrons. The molecule has 0 saturated carbocycles. The normalized spacial score (nSPS) is 10.9. The minimum atomic E-state index is -1.07. The second-order valence-electron chi connectivity index (χ2n) is 5.16. The van der Waals surface area contributed by atoms with Gasteiger partial charge in [0.2, 0.25) is 0 Å². The second kappa shape index (κ2) is 9.25. The molecule has 0 aliphatic rings. The number of carbonyl (C=O) groups excluding carboxylic acids is 1. The Hall–Kier alpha value is -1.53. The number of Topliss-reactive ketones (excluding diaryl/α,β-unsaturated/α-hetero) is 1.